The van der Waals surface area contributed by atoms with Gasteiger partial charge in [-0.3, -0.25) is 0 Å². The molecule has 1 rings (SSSR count). The van der Waals surface area contributed by atoms with Crippen molar-refractivity contribution in [2.45, 2.75) is 72.8 Å². The van der Waals surface area contributed by atoms with Crippen LogP contribution in [0.2, 0.25) is 0 Å². The molecule has 0 aromatic carbocycles. The number of aliphatic hydroxyl groups is 1. The van der Waals surface area contributed by atoms with Gasteiger partial charge in [-0.25, -0.2) is 0 Å². The Hall–Kier alpha value is -0.0400. The number of hydrogen-bond donors (Lipinski definition) is 1. The molecule has 2 atom stereocenters. The summed E-state index contributed by atoms with van der Waals surface area (Å²) in [4.78, 5) is 0. The Labute approximate surface area is 95.3 Å². The molecule has 1 fully saturated rings. The lowest BCUT2D eigenvalue weighted by Gasteiger charge is -2.31. The molecule has 1 saturated carbocycles. The number of hydrogen-bond acceptors (Lipinski definition) is 1. The van der Waals surface area contributed by atoms with E-state index in [1.165, 1.54) is 0 Å². The molecule has 2 unspecified atom stereocenters. The van der Waals surface area contributed by atoms with Crippen LogP contribution in [0.3, 0.4) is 0 Å². The van der Waals surface area contributed by atoms with Crippen LogP contribution >= 0.6 is 0 Å². The first kappa shape index (κ1) is 13.0. The average Bonchev–Trinajstić information content (AvgIpc) is 2.17. The van der Waals surface area contributed by atoms with Crippen molar-refractivity contribution in [1.82, 2.24) is 0 Å². The van der Waals surface area contributed by atoms with Gasteiger partial charge in [0.25, 0.3) is 0 Å². The van der Waals surface area contributed by atoms with Gasteiger partial charge in [-0.05, 0) is 42.4 Å². The third-order valence-electron chi connectivity index (χ3n) is 3.87. The normalized spacial score (nSPS) is 35.8. The van der Waals surface area contributed by atoms with E-state index in [4.69, 9.17) is 0 Å². The topological polar surface area (TPSA) is 20.2 Å². The van der Waals surface area contributed by atoms with Gasteiger partial charge in [0, 0.05) is 0 Å². The van der Waals surface area contributed by atoms with Crippen LogP contribution in [0, 0.1) is 16.7 Å². The van der Waals surface area contributed by atoms with E-state index in [0.29, 0.717) is 16.7 Å². The lowest BCUT2D eigenvalue weighted by atomic mass is 9.80. The molecule has 15 heavy (non-hydrogen) atoms. The summed E-state index contributed by atoms with van der Waals surface area (Å²) in [5, 5.41) is 10.7. The Bertz CT molecular complexity index is 224. The quantitative estimate of drug-likeness (QED) is 0.733. The lowest BCUT2D eigenvalue weighted by Crippen LogP contribution is -2.33. The minimum Gasteiger partial charge on any atom is -0.390 e. The van der Waals surface area contributed by atoms with Crippen molar-refractivity contribution in [3.05, 3.63) is 0 Å². The molecule has 1 N–H and O–H groups in total. The van der Waals surface area contributed by atoms with Gasteiger partial charge in [-0.2, -0.15) is 0 Å². The zero-order chi connectivity index (χ0) is 11.9. The average molecular weight is 212 g/mol. The fourth-order valence-corrected chi connectivity index (χ4v) is 3.02. The molecule has 0 aliphatic heterocycles. The zero-order valence-corrected chi connectivity index (χ0v) is 11.4. The van der Waals surface area contributed by atoms with Crippen molar-refractivity contribution in [2.75, 3.05) is 0 Å². The predicted octanol–water partition coefficient (Wildman–Crippen LogP) is 4.00. The monoisotopic (exact) mass is 212 g/mol. The summed E-state index contributed by atoms with van der Waals surface area (Å²) in [6.45, 7) is 13.5. The Kier molecular flexibility index (Phi) is 3.27. The lowest BCUT2D eigenvalue weighted by molar-refractivity contribution is -0.0128. The highest BCUT2D eigenvalue weighted by Crippen LogP contribution is 2.50. The Morgan fingerprint density at radius 2 is 1.80 bits per heavy atom. The van der Waals surface area contributed by atoms with Crippen molar-refractivity contribution < 1.29 is 5.11 Å². The van der Waals surface area contributed by atoms with E-state index in [1.54, 1.807) is 0 Å². The summed E-state index contributed by atoms with van der Waals surface area (Å²) in [6.07, 6.45) is 4.20. The van der Waals surface area contributed by atoms with Gasteiger partial charge in [0.15, 0.2) is 0 Å². The fourth-order valence-electron chi connectivity index (χ4n) is 3.02. The van der Waals surface area contributed by atoms with E-state index in [-0.39, 0.29) is 0 Å². The minimum absolute atomic E-state index is 0.325. The zero-order valence-electron chi connectivity index (χ0n) is 11.4. The van der Waals surface area contributed by atoms with Gasteiger partial charge in [0.2, 0.25) is 0 Å². The van der Waals surface area contributed by atoms with E-state index < -0.39 is 5.60 Å². The van der Waals surface area contributed by atoms with E-state index >= 15 is 0 Å². The highest BCUT2D eigenvalue weighted by molar-refractivity contribution is 4.98. The van der Waals surface area contributed by atoms with Crippen molar-refractivity contribution in [3.8, 4) is 0 Å². The smallest absolute Gasteiger partial charge is 0.0678 e. The van der Waals surface area contributed by atoms with Gasteiger partial charge >= 0.3 is 0 Å². The number of rotatable bonds is 2. The largest absolute Gasteiger partial charge is 0.390 e. The van der Waals surface area contributed by atoms with Crippen molar-refractivity contribution in [1.29, 1.82) is 0 Å². The molecule has 1 aliphatic carbocycles. The second-order valence-electron chi connectivity index (χ2n) is 7.61. The summed E-state index contributed by atoms with van der Waals surface area (Å²) < 4.78 is 0. The molecule has 0 bridgehead atoms. The van der Waals surface area contributed by atoms with E-state index in [2.05, 4.69) is 41.5 Å². The van der Waals surface area contributed by atoms with Crippen LogP contribution in [0.1, 0.15) is 67.2 Å². The molecule has 90 valence electrons. The fraction of sp³-hybridized carbons (Fsp3) is 1.00. The molecule has 0 aromatic rings. The molecule has 1 nitrogen and oxygen atoms in total. The third kappa shape index (κ3) is 3.48. The summed E-state index contributed by atoms with van der Waals surface area (Å²) in [6, 6.07) is 0. The molecule has 0 aromatic heterocycles. The maximum absolute atomic E-state index is 10.7. The molecular weight excluding hydrogens is 184 g/mol. The summed E-state index contributed by atoms with van der Waals surface area (Å²) in [5.41, 5.74) is 0.255. The molecule has 0 heterocycles. The predicted molar refractivity (Wildman–Crippen MR) is 65.8 cm³/mol. The molecule has 1 aliphatic rings. The Morgan fingerprint density at radius 3 is 2.13 bits per heavy atom. The second-order valence-corrected chi connectivity index (χ2v) is 7.61. The first-order valence-electron chi connectivity index (χ1n) is 6.27. The Morgan fingerprint density at radius 1 is 1.27 bits per heavy atom. The van der Waals surface area contributed by atoms with Gasteiger partial charge in [0.1, 0.15) is 0 Å². The first-order valence-corrected chi connectivity index (χ1v) is 6.27. The second kappa shape index (κ2) is 3.76. The van der Waals surface area contributed by atoms with Crippen LogP contribution in [0.4, 0.5) is 0 Å². The van der Waals surface area contributed by atoms with Crippen LogP contribution in [0.15, 0.2) is 0 Å². The minimum atomic E-state index is -0.406. The van der Waals surface area contributed by atoms with Crippen molar-refractivity contribution in [3.63, 3.8) is 0 Å². The van der Waals surface area contributed by atoms with Crippen LogP contribution in [-0.4, -0.2) is 10.7 Å². The molecule has 0 radical (unpaired) electrons. The molecule has 1 heteroatoms. The Balaban J connectivity index is 2.60. The van der Waals surface area contributed by atoms with Gasteiger partial charge < -0.3 is 5.11 Å². The standard InChI is InChI=1S/C14H28O/c1-11-9-13(5,6)10-14(11,15)8-7-12(2,3)4/h11,15H,7-10H2,1-6H3. The molecular formula is C14H28O. The SMILES string of the molecule is CC1CC(C)(C)CC1(O)CCC(C)(C)C. The van der Waals surface area contributed by atoms with Gasteiger partial charge in [-0.1, -0.05) is 41.5 Å². The van der Waals surface area contributed by atoms with E-state index in [9.17, 15) is 5.11 Å². The van der Waals surface area contributed by atoms with Gasteiger partial charge in [-0.15, -0.1) is 0 Å². The third-order valence-corrected chi connectivity index (χ3v) is 3.87. The van der Waals surface area contributed by atoms with Crippen LogP contribution < -0.4 is 0 Å². The van der Waals surface area contributed by atoms with Crippen LogP contribution in [-0.2, 0) is 0 Å². The highest BCUT2D eigenvalue weighted by atomic mass is 16.3. The summed E-state index contributed by atoms with van der Waals surface area (Å²) in [7, 11) is 0. The van der Waals surface area contributed by atoms with E-state index in [1.807, 2.05) is 0 Å². The maximum atomic E-state index is 10.7. The van der Waals surface area contributed by atoms with Crippen molar-refractivity contribution in [2.24, 2.45) is 16.7 Å². The maximum Gasteiger partial charge on any atom is 0.0678 e. The molecule has 0 saturated heterocycles. The summed E-state index contributed by atoms with van der Waals surface area (Å²) in [5.74, 6) is 0.454. The highest BCUT2D eigenvalue weighted by Gasteiger charge is 2.47. The first-order chi connectivity index (χ1) is 6.54. The van der Waals surface area contributed by atoms with Gasteiger partial charge in [0.05, 0.1) is 5.60 Å². The van der Waals surface area contributed by atoms with E-state index in [0.717, 1.165) is 25.7 Å². The summed E-state index contributed by atoms with van der Waals surface area (Å²) >= 11 is 0. The van der Waals surface area contributed by atoms with Crippen LogP contribution in [0.25, 0.3) is 0 Å². The van der Waals surface area contributed by atoms with Crippen LogP contribution in [0.5, 0.6) is 0 Å². The molecule has 0 amide bonds. The van der Waals surface area contributed by atoms with Crippen molar-refractivity contribution >= 4 is 0 Å². The molecule has 0 spiro atoms.